The Morgan fingerprint density at radius 2 is 1.90 bits per heavy atom. The Bertz CT molecular complexity index is 910. The summed E-state index contributed by atoms with van der Waals surface area (Å²) in [5.74, 6) is -1.06. The largest absolute Gasteiger partial charge is 0.504 e. The first-order valence-electron chi connectivity index (χ1n) is 10.9. The lowest BCUT2D eigenvalue weighted by Crippen LogP contribution is -2.38. The molecule has 0 amide bonds. The summed E-state index contributed by atoms with van der Waals surface area (Å²) in [5, 5.41) is 10.0. The average molecular weight is 411 g/mol. The maximum absolute atomic E-state index is 13.3. The summed E-state index contributed by atoms with van der Waals surface area (Å²) in [6, 6.07) is 5.02. The van der Waals surface area contributed by atoms with Gasteiger partial charge in [-0.1, -0.05) is 12.5 Å². The molecular formula is C24H29NO5. The van der Waals surface area contributed by atoms with Crippen LogP contribution in [0.1, 0.15) is 69.8 Å². The van der Waals surface area contributed by atoms with E-state index in [1.54, 1.807) is 18.2 Å². The lowest BCUT2D eigenvalue weighted by atomic mass is 9.71. The third-order valence-corrected chi connectivity index (χ3v) is 6.49. The van der Waals surface area contributed by atoms with E-state index in [1.165, 1.54) is 13.5 Å². The zero-order chi connectivity index (χ0) is 21.3. The number of methoxy groups -OCH3 is 1. The van der Waals surface area contributed by atoms with Gasteiger partial charge in [0.2, 0.25) is 0 Å². The number of carbonyl (C=O) groups is 2. The van der Waals surface area contributed by atoms with Crippen LogP contribution in [-0.4, -0.2) is 35.8 Å². The number of hydrogen-bond donors (Lipinski definition) is 1. The molecule has 1 heterocycles. The van der Waals surface area contributed by atoms with Gasteiger partial charge in [-0.05, 0) is 63.1 Å². The van der Waals surface area contributed by atoms with Gasteiger partial charge in [0.25, 0.3) is 0 Å². The fraction of sp³-hybridized carbons (Fsp3) is 0.542. The first-order chi connectivity index (χ1) is 14.5. The molecule has 3 aliphatic rings. The van der Waals surface area contributed by atoms with Gasteiger partial charge in [0.15, 0.2) is 17.3 Å². The zero-order valence-corrected chi connectivity index (χ0v) is 17.6. The molecule has 0 radical (unpaired) electrons. The third-order valence-electron chi connectivity index (χ3n) is 6.49. The highest BCUT2D eigenvalue weighted by atomic mass is 16.5. The molecule has 4 rings (SSSR count). The molecule has 1 N–H and O–H groups in total. The zero-order valence-electron chi connectivity index (χ0n) is 17.6. The van der Waals surface area contributed by atoms with Gasteiger partial charge in [0, 0.05) is 29.3 Å². The van der Waals surface area contributed by atoms with Crippen molar-refractivity contribution in [1.82, 2.24) is 0 Å². The van der Waals surface area contributed by atoms with E-state index in [1.807, 2.05) is 6.92 Å². The summed E-state index contributed by atoms with van der Waals surface area (Å²) in [4.78, 5) is 31.0. The highest BCUT2D eigenvalue weighted by Gasteiger charge is 2.44. The summed E-state index contributed by atoms with van der Waals surface area (Å²) in [6.45, 7) is 1.85. The number of phenolic OH excluding ortho intramolecular Hbond substituents is 1. The van der Waals surface area contributed by atoms with Crippen molar-refractivity contribution in [3.63, 3.8) is 0 Å². The Kier molecular flexibility index (Phi) is 5.93. The molecule has 0 spiro atoms. The predicted octanol–water partition coefficient (Wildman–Crippen LogP) is 4.46. The highest BCUT2D eigenvalue weighted by Crippen LogP contribution is 2.45. The molecule has 1 saturated carbocycles. The minimum absolute atomic E-state index is 0.0213. The Labute approximate surface area is 177 Å². The van der Waals surface area contributed by atoms with Gasteiger partial charge in [-0.3, -0.25) is 14.6 Å². The number of carbonyl (C=O) groups excluding carboxylic acids is 2. The van der Waals surface area contributed by atoms with Gasteiger partial charge in [-0.2, -0.15) is 0 Å². The van der Waals surface area contributed by atoms with Gasteiger partial charge in [-0.25, -0.2) is 0 Å². The van der Waals surface area contributed by atoms with Gasteiger partial charge in [-0.15, -0.1) is 0 Å². The molecule has 1 aromatic carbocycles. The molecule has 0 saturated heterocycles. The summed E-state index contributed by atoms with van der Waals surface area (Å²) >= 11 is 0. The molecule has 1 fully saturated rings. The Morgan fingerprint density at radius 3 is 2.63 bits per heavy atom. The minimum Gasteiger partial charge on any atom is -0.504 e. The van der Waals surface area contributed by atoms with Gasteiger partial charge in [0.05, 0.1) is 7.11 Å². The van der Waals surface area contributed by atoms with E-state index in [0.717, 1.165) is 49.8 Å². The number of benzene rings is 1. The van der Waals surface area contributed by atoms with Crippen LogP contribution in [0.15, 0.2) is 34.5 Å². The van der Waals surface area contributed by atoms with E-state index in [4.69, 9.17) is 9.47 Å². The molecule has 6 nitrogen and oxygen atoms in total. The van der Waals surface area contributed by atoms with Crippen LogP contribution in [0.25, 0.3) is 0 Å². The molecule has 1 unspecified atom stereocenters. The summed E-state index contributed by atoms with van der Waals surface area (Å²) in [5.41, 5.74) is 2.83. The number of Topliss-reactive ketones (excluding diaryl/α,β-unsaturated/α-hetero) is 1. The number of aliphatic imine (C=N–C) groups is 1. The summed E-state index contributed by atoms with van der Waals surface area (Å²) in [6.07, 6.45) is 7.00. The number of ether oxygens (including phenoxy) is 2. The number of aromatic hydroxyl groups is 1. The Morgan fingerprint density at radius 1 is 1.13 bits per heavy atom. The first-order valence-corrected chi connectivity index (χ1v) is 10.9. The number of phenols is 1. The standard InChI is InChI=1S/C24H29NO5/c1-14-21(24(28)30-16-7-4-3-5-8-16)22(15-11-12-18(26)20(13-15)29-2)23-17(25-14)9-6-10-19(23)27/h11-13,16,21-22,26H,3-10H2,1-2H3/t21?,22-/m1/s1. The fourth-order valence-corrected chi connectivity index (χ4v) is 4.98. The number of nitrogens with zero attached hydrogens (tertiary/aromatic N) is 1. The van der Waals surface area contributed by atoms with E-state index < -0.39 is 11.8 Å². The lowest BCUT2D eigenvalue weighted by molar-refractivity contribution is -0.153. The SMILES string of the molecule is COc1cc([C@H]2C3=C(CCCC3=O)N=C(C)C2C(=O)OC2CCCCC2)ccc1O. The first kappa shape index (κ1) is 20.6. The van der Waals surface area contributed by atoms with Crippen molar-refractivity contribution in [2.75, 3.05) is 7.11 Å². The highest BCUT2D eigenvalue weighted by molar-refractivity contribution is 6.08. The van der Waals surface area contributed by atoms with Crippen LogP contribution in [0.4, 0.5) is 0 Å². The number of hydrogen-bond acceptors (Lipinski definition) is 6. The molecule has 1 aromatic rings. The van der Waals surface area contributed by atoms with Crippen molar-refractivity contribution in [3.05, 3.63) is 35.0 Å². The molecular weight excluding hydrogens is 382 g/mol. The van der Waals surface area contributed by atoms with E-state index in [0.29, 0.717) is 23.5 Å². The van der Waals surface area contributed by atoms with Crippen molar-refractivity contribution in [1.29, 1.82) is 0 Å². The average Bonchev–Trinajstić information content (AvgIpc) is 2.74. The quantitative estimate of drug-likeness (QED) is 0.740. The van der Waals surface area contributed by atoms with Crippen molar-refractivity contribution in [2.24, 2.45) is 10.9 Å². The van der Waals surface area contributed by atoms with Crippen LogP contribution < -0.4 is 4.74 Å². The fourth-order valence-electron chi connectivity index (χ4n) is 4.98. The Balaban J connectivity index is 1.75. The van der Waals surface area contributed by atoms with Gasteiger partial charge < -0.3 is 14.6 Å². The normalized spacial score (nSPS) is 24.9. The molecule has 2 atom stereocenters. The van der Waals surface area contributed by atoms with Crippen molar-refractivity contribution >= 4 is 17.5 Å². The Hall–Kier alpha value is -2.63. The van der Waals surface area contributed by atoms with Crippen LogP contribution in [0, 0.1) is 5.92 Å². The van der Waals surface area contributed by atoms with Crippen LogP contribution in [0.2, 0.25) is 0 Å². The van der Waals surface area contributed by atoms with Crippen LogP contribution in [-0.2, 0) is 14.3 Å². The molecule has 160 valence electrons. The molecule has 0 aromatic heterocycles. The van der Waals surface area contributed by atoms with Gasteiger partial charge >= 0.3 is 5.97 Å². The second-order valence-corrected chi connectivity index (χ2v) is 8.47. The minimum atomic E-state index is -0.651. The second-order valence-electron chi connectivity index (χ2n) is 8.47. The van der Waals surface area contributed by atoms with E-state index >= 15 is 0 Å². The molecule has 30 heavy (non-hydrogen) atoms. The van der Waals surface area contributed by atoms with Crippen LogP contribution >= 0.6 is 0 Å². The summed E-state index contributed by atoms with van der Waals surface area (Å²) in [7, 11) is 1.48. The predicted molar refractivity (Wildman–Crippen MR) is 113 cm³/mol. The van der Waals surface area contributed by atoms with Crippen molar-refractivity contribution in [2.45, 2.75) is 70.3 Å². The van der Waals surface area contributed by atoms with Gasteiger partial charge in [0.1, 0.15) is 12.0 Å². The van der Waals surface area contributed by atoms with Crippen LogP contribution in [0.5, 0.6) is 11.5 Å². The topological polar surface area (TPSA) is 85.2 Å². The van der Waals surface area contributed by atoms with E-state index in [2.05, 4.69) is 4.99 Å². The van der Waals surface area contributed by atoms with E-state index in [9.17, 15) is 14.7 Å². The second kappa shape index (κ2) is 8.62. The molecule has 6 heteroatoms. The third kappa shape index (κ3) is 3.87. The summed E-state index contributed by atoms with van der Waals surface area (Å²) < 4.78 is 11.2. The number of ketones is 1. The number of allylic oxidation sites excluding steroid dienone is 2. The molecule has 0 bridgehead atoms. The van der Waals surface area contributed by atoms with E-state index in [-0.39, 0.29) is 23.6 Å². The van der Waals surface area contributed by atoms with Crippen molar-refractivity contribution in [3.8, 4) is 11.5 Å². The maximum Gasteiger partial charge on any atom is 0.315 e. The maximum atomic E-state index is 13.3. The molecule has 2 aliphatic carbocycles. The smallest absolute Gasteiger partial charge is 0.315 e. The van der Waals surface area contributed by atoms with Crippen LogP contribution in [0.3, 0.4) is 0 Å². The monoisotopic (exact) mass is 411 g/mol. The number of rotatable bonds is 4. The van der Waals surface area contributed by atoms with Crippen molar-refractivity contribution < 1.29 is 24.2 Å². The lowest BCUT2D eigenvalue weighted by Gasteiger charge is -2.35. The number of esters is 1. The molecule has 1 aliphatic heterocycles.